The highest BCUT2D eigenvalue weighted by Crippen LogP contribution is 2.40. The number of ether oxygens (including phenoxy) is 1. The third-order valence-corrected chi connectivity index (χ3v) is 3.98. The Labute approximate surface area is 129 Å². The van der Waals surface area contributed by atoms with Crippen molar-refractivity contribution in [3.63, 3.8) is 0 Å². The van der Waals surface area contributed by atoms with Gasteiger partial charge in [0.2, 0.25) is 5.95 Å². The van der Waals surface area contributed by atoms with Gasteiger partial charge in [-0.3, -0.25) is 14.3 Å². The van der Waals surface area contributed by atoms with Crippen molar-refractivity contribution < 1.29 is 20.1 Å². The SMILES string of the molecule is C=CC(O)C1OC(n2cnc3c(=O)[nH]c(N)nc32)C(C)(O)C1O. The Balaban J connectivity index is 2.11. The highest BCUT2D eigenvalue weighted by atomic mass is 16.6. The molecular weight excluding hydrogens is 306 g/mol. The van der Waals surface area contributed by atoms with E-state index < -0.39 is 35.7 Å². The molecule has 0 spiro atoms. The molecule has 1 aliphatic heterocycles. The maximum absolute atomic E-state index is 11.8. The van der Waals surface area contributed by atoms with E-state index in [0.29, 0.717) is 0 Å². The number of hydrogen-bond acceptors (Lipinski definition) is 8. The molecule has 0 bridgehead atoms. The molecule has 1 aliphatic rings. The summed E-state index contributed by atoms with van der Waals surface area (Å²) in [5.41, 5.74) is 3.34. The van der Waals surface area contributed by atoms with E-state index in [1.165, 1.54) is 23.9 Å². The standard InChI is InChI=1S/C13H17N5O5/c1-3-5(19)7-8(20)13(2,22)11(23-7)18-4-15-6-9(18)16-12(14)17-10(6)21/h3-5,7-8,11,19-20,22H,1H2,2H3,(H3,14,16,17,21). The topological polar surface area (TPSA) is 160 Å². The number of fused-ring (bicyclic) bond motifs is 1. The molecule has 0 aromatic carbocycles. The van der Waals surface area contributed by atoms with E-state index in [2.05, 4.69) is 21.5 Å². The molecule has 5 atom stereocenters. The fourth-order valence-corrected chi connectivity index (χ4v) is 2.70. The van der Waals surface area contributed by atoms with Crippen LogP contribution in [0.15, 0.2) is 23.8 Å². The van der Waals surface area contributed by atoms with Crippen LogP contribution in [0.2, 0.25) is 0 Å². The van der Waals surface area contributed by atoms with Crippen molar-refractivity contribution >= 4 is 17.1 Å². The van der Waals surface area contributed by atoms with Crippen LogP contribution in [0.4, 0.5) is 5.95 Å². The smallest absolute Gasteiger partial charge is 0.280 e. The molecule has 10 heteroatoms. The first-order valence-corrected chi connectivity index (χ1v) is 6.86. The second-order valence-electron chi connectivity index (χ2n) is 5.63. The first-order valence-electron chi connectivity index (χ1n) is 6.86. The van der Waals surface area contributed by atoms with Gasteiger partial charge >= 0.3 is 0 Å². The number of anilines is 1. The van der Waals surface area contributed by atoms with Crippen LogP contribution >= 0.6 is 0 Å². The van der Waals surface area contributed by atoms with E-state index in [1.807, 2.05) is 0 Å². The van der Waals surface area contributed by atoms with E-state index in [9.17, 15) is 20.1 Å². The number of rotatable bonds is 3. The van der Waals surface area contributed by atoms with Crippen molar-refractivity contribution in [1.82, 2.24) is 19.5 Å². The predicted octanol–water partition coefficient (Wildman–Crippen LogP) is -1.74. The Morgan fingerprint density at radius 1 is 1.65 bits per heavy atom. The van der Waals surface area contributed by atoms with Gasteiger partial charge in [0.15, 0.2) is 17.4 Å². The number of aromatic amines is 1. The first-order chi connectivity index (χ1) is 10.8. The van der Waals surface area contributed by atoms with Gasteiger partial charge in [-0.05, 0) is 6.92 Å². The lowest BCUT2D eigenvalue weighted by Gasteiger charge is -2.27. The number of imidazole rings is 1. The summed E-state index contributed by atoms with van der Waals surface area (Å²) in [4.78, 5) is 22.0. The van der Waals surface area contributed by atoms with Crippen molar-refractivity contribution in [3.05, 3.63) is 29.3 Å². The summed E-state index contributed by atoms with van der Waals surface area (Å²) >= 11 is 0. The largest absolute Gasteiger partial charge is 0.387 e. The van der Waals surface area contributed by atoms with Gasteiger partial charge in [0, 0.05) is 0 Å². The van der Waals surface area contributed by atoms with Crippen molar-refractivity contribution in [2.24, 2.45) is 0 Å². The summed E-state index contributed by atoms with van der Waals surface area (Å²) in [5, 5.41) is 30.7. The minimum atomic E-state index is -1.76. The van der Waals surface area contributed by atoms with E-state index in [4.69, 9.17) is 10.5 Å². The van der Waals surface area contributed by atoms with Crippen molar-refractivity contribution in [2.45, 2.75) is 37.1 Å². The summed E-state index contributed by atoms with van der Waals surface area (Å²) in [6.45, 7) is 4.78. The minimum absolute atomic E-state index is 0.0146. The Hall–Kier alpha value is -2.27. The van der Waals surface area contributed by atoms with Crippen LogP contribution in [0.3, 0.4) is 0 Å². The van der Waals surface area contributed by atoms with Crippen LogP contribution in [0.1, 0.15) is 13.2 Å². The molecule has 0 radical (unpaired) electrons. The van der Waals surface area contributed by atoms with E-state index in [1.54, 1.807) is 0 Å². The third kappa shape index (κ3) is 2.23. The molecular formula is C13H17N5O5. The molecule has 23 heavy (non-hydrogen) atoms. The number of aliphatic hydroxyl groups is 3. The second-order valence-corrected chi connectivity index (χ2v) is 5.63. The number of nitrogens with one attached hydrogen (secondary N) is 1. The van der Waals surface area contributed by atoms with Gasteiger partial charge in [0.05, 0.1) is 6.33 Å². The van der Waals surface area contributed by atoms with Gasteiger partial charge in [0.1, 0.15) is 23.9 Å². The minimum Gasteiger partial charge on any atom is -0.387 e. The fourth-order valence-electron chi connectivity index (χ4n) is 2.70. The van der Waals surface area contributed by atoms with Crippen LogP contribution in [-0.4, -0.2) is 58.8 Å². The average molecular weight is 323 g/mol. The summed E-state index contributed by atoms with van der Waals surface area (Å²) in [6, 6.07) is 0. The molecule has 0 amide bonds. The lowest BCUT2D eigenvalue weighted by Crippen LogP contribution is -2.46. The molecule has 5 unspecified atom stereocenters. The third-order valence-electron chi connectivity index (χ3n) is 3.98. The molecule has 1 fully saturated rings. The molecule has 0 saturated carbocycles. The van der Waals surface area contributed by atoms with Crippen LogP contribution in [0.5, 0.6) is 0 Å². The van der Waals surface area contributed by atoms with Crippen LogP contribution < -0.4 is 11.3 Å². The van der Waals surface area contributed by atoms with Crippen molar-refractivity contribution in [3.8, 4) is 0 Å². The maximum atomic E-state index is 11.8. The van der Waals surface area contributed by atoms with Crippen molar-refractivity contribution in [2.75, 3.05) is 5.73 Å². The van der Waals surface area contributed by atoms with Gasteiger partial charge in [-0.15, -0.1) is 6.58 Å². The molecule has 10 nitrogen and oxygen atoms in total. The van der Waals surface area contributed by atoms with E-state index in [-0.39, 0.29) is 17.1 Å². The molecule has 6 N–H and O–H groups in total. The van der Waals surface area contributed by atoms with Crippen LogP contribution in [0, 0.1) is 0 Å². The van der Waals surface area contributed by atoms with Gasteiger partial charge in [-0.2, -0.15) is 4.98 Å². The zero-order valence-electron chi connectivity index (χ0n) is 12.2. The Morgan fingerprint density at radius 2 is 2.35 bits per heavy atom. The Morgan fingerprint density at radius 3 is 3.00 bits per heavy atom. The predicted molar refractivity (Wildman–Crippen MR) is 79.3 cm³/mol. The number of nitrogens with two attached hydrogens (primary N) is 1. The normalized spacial score (nSPS) is 32.3. The number of H-pyrrole nitrogens is 1. The van der Waals surface area contributed by atoms with E-state index in [0.717, 1.165) is 0 Å². The van der Waals surface area contributed by atoms with Gasteiger partial charge in [0.25, 0.3) is 5.56 Å². The maximum Gasteiger partial charge on any atom is 0.280 e. The number of aromatic nitrogens is 4. The Kier molecular flexibility index (Phi) is 3.48. The molecule has 1 saturated heterocycles. The van der Waals surface area contributed by atoms with E-state index >= 15 is 0 Å². The molecule has 124 valence electrons. The molecule has 3 heterocycles. The van der Waals surface area contributed by atoms with Gasteiger partial charge < -0.3 is 25.8 Å². The summed E-state index contributed by atoms with van der Waals surface area (Å²) < 4.78 is 6.87. The molecule has 2 aromatic rings. The molecule has 0 aliphatic carbocycles. The quantitative estimate of drug-likeness (QED) is 0.416. The number of nitrogens with zero attached hydrogens (tertiary/aromatic N) is 3. The molecule has 3 rings (SSSR count). The highest BCUT2D eigenvalue weighted by molar-refractivity contribution is 5.70. The number of nitrogen functional groups attached to an aromatic ring is 1. The fraction of sp³-hybridized carbons (Fsp3) is 0.462. The second kappa shape index (κ2) is 5.13. The summed E-state index contributed by atoms with van der Waals surface area (Å²) in [7, 11) is 0. The zero-order chi connectivity index (χ0) is 16.9. The van der Waals surface area contributed by atoms with Crippen LogP contribution in [0.25, 0.3) is 11.2 Å². The first kappa shape index (κ1) is 15.6. The Bertz CT molecular complexity index is 813. The number of aliphatic hydroxyl groups excluding tert-OH is 2. The average Bonchev–Trinajstić information content (AvgIpc) is 2.99. The summed E-state index contributed by atoms with van der Waals surface area (Å²) in [5.74, 6) is -0.120. The zero-order valence-corrected chi connectivity index (χ0v) is 12.2. The summed E-state index contributed by atoms with van der Waals surface area (Å²) in [6.07, 6.45) is -2.35. The number of hydrogen-bond donors (Lipinski definition) is 5. The monoisotopic (exact) mass is 323 g/mol. The van der Waals surface area contributed by atoms with Gasteiger partial charge in [-0.1, -0.05) is 6.08 Å². The van der Waals surface area contributed by atoms with Gasteiger partial charge in [-0.25, -0.2) is 4.98 Å². The van der Waals surface area contributed by atoms with Crippen molar-refractivity contribution in [1.29, 1.82) is 0 Å². The van der Waals surface area contributed by atoms with Crippen LogP contribution in [-0.2, 0) is 4.74 Å². The lowest BCUT2D eigenvalue weighted by atomic mass is 9.94. The highest BCUT2D eigenvalue weighted by Gasteiger charge is 2.55. The molecule has 2 aromatic heterocycles. The lowest BCUT2D eigenvalue weighted by molar-refractivity contribution is -0.0972.